The zero-order valence-corrected chi connectivity index (χ0v) is 22.9. The minimum Gasteiger partial charge on any atom is -0.468 e. The molecule has 0 unspecified atom stereocenters. The van der Waals surface area contributed by atoms with Crippen molar-refractivity contribution in [3.8, 4) is 0 Å². The van der Waals surface area contributed by atoms with Crippen LogP contribution in [0.5, 0.6) is 0 Å². The largest absolute Gasteiger partial charge is 0.468 e. The van der Waals surface area contributed by atoms with Gasteiger partial charge < -0.3 is 24.1 Å². The Labute approximate surface area is 225 Å². The summed E-state index contributed by atoms with van der Waals surface area (Å²) >= 11 is 0. The monoisotopic (exact) mass is 526 g/mol. The second kappa shape index (κ2) is 11.2. The molecule has 2 aliphatic heterocycles. The molecule has 0 aromatic carbocycles. The van der Waals surface area contributed by atoms with Crippen LogP contribution in [0.2, 0.25) is 0 Å². The molecule has 1 aromatic heterocycles. The third-order valence-electron chi connectivity index (χ3n) is 8.94. The fourth-order valence-electron chi connectivity index (χ4n) is 6.72. The summed E-state index contributed by atoms with van der Waals surface area (Å²) in [6, 6.07) is 3.61. The van der Waals surface area contributed by atoms with Crippen molar-refractivity contribution in [3.05, 3.63) is 35.9 Å². The quantitative estimate of drug-likeness (QED) is 0.473. The van der Waals surface area contributed by atoms with Crippen molar-refractivity contribution in [1.29, 1.82) is 0 Å². The lowest BCUT2D eigenvalue weighted by molar-refractivity contribution is -0.182. The van der Waals surface area contributed by atoms with Gasteiger partial charge in [-0.25, -0.2) is 0 Å². The number of esters is 1. The lowest BCUT2D eigenvalue weighted by Gasteiger charge is -2.52. The number of piperidine rings is 1. The molecule has 3 fully saturated rings. The maximum Gasteiger partial charge on any atom is 0.320 e. The van der Waals surface area contributed by atoms with Gasteiger partial charge in [0, 0.05) is 24.6 Å². The average molecular weight is 527 g/mol. The third-order valence-corrected chi connectivity index (χ3v) is 8.94. The molecule has 1 aromatic rings. The van der Waals surface area contributed by atoms with Gasteiger partial charge in [0.25, 0.3) is 0 Å². The van der Waals surface area contributed by atoms with Gasteiger partial charge in [0.15, 0.2) is 0 Å². The molecule has 8 nitrogen and oxygen atoms in total. The van der Waals surface area contributed by atoms with Gasteiger partial charge in [0.2, 0.25) is 11.8 Å². The van der Waals surface area contributed by atoms with Crippen LogP contribution in [0.15, 0.2) is 34.6 Å². The Morgan fingerprint density at radius 1 is 1.18 bits per heavy atom. The Bertz CT molecular complexity index is 1040. The van der Waals surface area contributed by atoms with Gasteiger partial charge in [-0.1, -0.05) is 33.1 Å². The smallest absolute Gasteiger partial charge is 0.320 e. The first-order valence-corrected chi connectivity index (χ1v) is 14.4. The highest BCUT2D eigenvalue weighted by molar-refractivity contribution is 5.92. The van der Waals surface area contributed by atoms with E-state index in [-0.39, 0.29) is 49.1 Å². The summed E-state index contributed by atoms with van der Waals surface area (Å²) in [6.45, 7) is 5.00. The van der Waals surface area contributed by atoms with E-state index in [2.05, 4.69) is 19.2 Å². The summed E-state index contributed by atoms with van der Waals surface area (Å²) in [5, 5.41) is 3.09. The molecule has 208 valence electrons. The number of hydrogen-bond acceptors (Lipinski definition) is 6. The van der Waals surface area contributed by atoms with Gasteiger partial charge in [0.05, 0.1) is 32.1 Å². The first-order valence-electron chi connectivity index (χ1n) is 14.4. The second-order valence-corrected chi connectivity index (χ2v) is 12.0. The molecule has 3 heterocycles. The molecule has 1 N–H and O–H groups in total. The summed E-state index contributed by atoms with van der Waals surface area (Å²) in [4.78, 5) is 42.6. The van der Waals surface area contributed by atoms with Crippen LogP contribution >= 0.6 is 0 Å². The molecule has 8 heteroatoms. The van der Waals surface area contributed by atoms with E-state index in [4.69, 9.17) is 13.9 Å². The molecule has 0 bridgehead atoms. The van der Waals surface area contributed by atoms with Crippen molar-refractivity contribution < 1.29 is 28.3 Å². The van der Waals surface area contributed by atoms with Gasteiger partial charge in [-0.3, -0.25) is 14.4 Å². The Kier molecular flexibility index (Phi) is 7.98. The van der Waals surface area contributed by atoms with Crippen molar-refractivity contribution in [2.75, 3.05) is 13.7 Å². The highest BCUT2D eigenvalue weighted by Gasteiger charge is 2.64. The molecule has 5 rings (SSSR count). The fourth-order valence-corrected chi connectivity index (χ4v) is 6.72. The van der Waals surface area contributed by atoms with Gasteiger partial charge >= 0.3 is 5.97 Å². The number of hydrogen-bond donors (Lipinski definition) is 1. The number of furan rings is 1. The molecule has 2 aliphatic carbocycles. The minimum atomic E-state index is -1.14. The summed E-state index contributed by atoms with van der Waals surface area (Å²) in [5.74, 6) is 0.163. The Morgan fingerprint density at radius 2 is 1.95 bits per heavy atom. The molecule has 4 aliphatic rings. The van der Waals surface area contributed by atoms with E-state index in [1.807, 2.05) is 12.1 Å². The summed E-state index contributed by atoms with van der Waals surface area (Å²) in [5.41, 5.74) is -0.498. The number of carbonyl (C=O) groups is 3. The maximum absolute atomic E-state index is 14.0. The molecule has 4 atom stereocenters. The summed E-state index contributed by atoms with van der Waals surface area (Å²) in [7, 11) is 1.40. The lowest BCUT2D eigenvalue weighted by Crippen LogP contribution is -2.61. The Balaban J connectivity index is 1.47. The summed E-state index contributed by atoms with van der Waals surface area (Å²) in [6.07, 6.45) is 11.0. The SMILES string of the molecule is COC(=O)[C@]12C[C@H](CC(=O)NCC3CCCCC3)C(=O)N(Cc3ccco3)C1=C[C@H](C(C)C)O[C@@H]2C1CC1. The van der Waals surface area contributed by atoms with E-state index >= 15 is 0 Å². The molecule has 0 radical (unpaired) electrons. The maximum atomic E-state index is 14.0. The molecule has 38 heavy (non-hydrogen) atoms. The van der Waals surface area contributed by atoms with Gasteiger partial charge in [-0.15, -0.1) is 0 Å². The van der Waals surface area contributed by atoms with Crippen LogP contribution in [0.3, 0.4) is 0 Å². The number of likely N-dealkylation sites (tertiary alicyclic amines) is 1. The van der Waals surface area contributed by atoms with Crippen molar-refractivity contribution >= 4 is 17.8 Å². The third kappa shape index (κ3) is 5.29. The van der Waals surface area contributed by atoms with E-state index < -0.39 is 23.4 Å². The normalized spacial score (nSPS) is 30.1. The van der Waals surface area contributed by atoms with Crippen LogP contribution in [-0.2, 0) is 30.4 Å². The predicted molar refractivity (Wildman–Crippen MR) is 140 cm³/mol. The van der Waals surface area contributed by atoms with E-state index in [0.29, 0.717) is 23.9 Å². The molecule has 0 spiro atoms. The van der Waals surface area contributed by atoms with Gasteiger partial charge in [-0.2, -0.15) is 0 Å². The zero-order valence-electron chi connectivity index (χ0n) is 22.9. The van der Waals surface area contributed by atoms with Crippen LogP contribution < -0.4 is 5.32 Å². The van der Waals surface area contributed by atoms with E-state index in [1.165, 1.54) is 26.4 Å². The zero-order chi connectivity index (χ0) is 26.9. The second-order valence-electron chi connectivity index (χ2n) is 12.0. The number of fused-ring (bicyclic) bond motifs is 1. The van der Waals surface area contributed by atoms with Crippen molar-refractivity contribution in [2.24, 2.45) is 29.1 Å². The highest BCUT2D eigenvalue weighted by Crippen LogP contribution is 2.56. The standard InChI is InChI=1S/C30H42N2O6/c1-19(2)24-15-25-30(29(35)36-3,27(38-24)21-11-12-21)16-22(28(34)32(25)18-23-10-7-13-37-23)14-26(33)31-17-20-8-5-4-6-9-20/h7,10,13,15,19-22,24,27H,4-6,8-9,11-12,14,16-18H2,1-3H3,(H,31,33)/t22-,24+,27+,30+/m0/s1. The van der Waals surface area contributed by atoms with Crippen LogP contribution in [0.4, 0.5) is 0 Å². The van der Waals surface area contributed by atoms with Crippen LogP contribution in [0.25, 0.3) is 0 Å². The van der Waals surface area contributed by atoms with Gasteiger partial charge in [0.1, 0.15) is 11.2 Å². The first kappa shape index (κ1) is 27.0. The van der Waals surface area contributed by atoms with Crippen LogP contribution in [-0.4, -0.2) is 48.5 Å². The first-order chi connectivity index (χ1) is 18.3. The minimum absolute atomic E-state index is 0.0389. The average Bonchev–Trinajstić information content (AvgIpc) is 3.64. The van der Waals surface area contributed by atoms with Crippen molar-refractivity contribution in [2.45, 2.75) is 90.4 Å². The fraction of sp³-hybridized carbons (Fsp3) is 0.700. The van der Waals surface area contributed by atoms with E-state index in [9.17, 15) is 14.4 Å². The number of nitrogens with zero attached hydrogens (tertiary/aromatic N) is 1. The molecular formula is C30H42N2O6. The summed E-state index contributed by atoms with van der Waals surface area (Å²) < 4.78 is 17.7. The van der Waals surface area contributed by atoms with Crippen molar-refractivity contribution in [3.63, 3.8) is 0 Å². The molecule has 1 saturated heterocycles. The Morgan fingerprint density at radius 3 is 2.58 bits per heavy atom. The highest BCUT2D eigenvalue weighted by atomic mass is 16.5. The number of amides is 2. The number of nitrogens with one attached hydrogen (secondary N) is 1. The van der Waals surface area contributed by atoms with Crippen molar-refractivity contribution in [1.82, 2.24) is 10.2 Å². The van der Waals surface area contributed by atoms with E-state index in [0.717, 1.165) is 25.7 Å². The van der Waals surface area contributed by atoms with Gasteiger partial charge in [-0.05, 0) is 68.1 Å². The lowest BCUT2D eigenvalue weighted by atomic mass is 9.64. The molecular weight excluding hydrogens is 484 g/mol. The molecule has 2 amide bonds. The Hall–Kier alpha value is -2.61. The van der Waals surface area contributed by atoms with Crippen LogP contribution in [0, 0.1) is 29.1 Å². The predicted octanol–water partition coefficient (Wildman–Crippen LogP) is 4.59. The molecule has 2 saturated carbocycles. The topological polar surface area (TPSA) is 98.1 Å². The number of carbonyl (C=O) groups excluding carboxylic acids is 3. The number of methoxy groups -OCH3 is 1. The number of ether oxygens (including phenoxy) is 2. The van der Waals surface area contributed by atoms with E-state index in [1.54, 1.807) is 17.2 Å². The van der Waals surface area contributed by atoms with Crippen LogP contribution in [0.1, 0.15) is 77.4 Å². The number of rotatable bonds is 9.